The summed E-state index contributed by atoms with van der Waals surface area (Å²) in [6, 6.07) is 15.1. The standard InChI is InChI=1S/C30H28Cl2N2O2S/c1-18-9-7-13-24(19(18)2)34-29(35)27-22-10-5-3-4-6-14-26(22)37-30(27)33-17-20-15-16-25(36-20)21-11-8-12-23(31)28(21)32/h7-9,11-13,15-17H,3-6,10,14H2,1-2H3,(H,34,35). The Balaban J connectivity index is 1.49. The van der Waals surface area contributed by atoms with Gasteiger partial charge in [0.2, 0.25) is 0 Å². The van der Waals surface area contributed by atoms with Crippen molar-refractivity contribution in [2.75, 3.05) is 5.32 Å². The lowest BCUT2D eigenvalue weighted by Gasteiger charge is -2.13. The zero-order valence-electron chi connectivity index (χ0n) is 20.9. The van der Waals surface area contributed by atoms with E-state index in [1.807, 2.05) is 43.3 Å². The van der Waals surface area contributed by atoms with Crippen molar-refractivity contribution in [3.05, 3.63) is 91.5 Å². The van der Waals surface area contributed by atoms with E-state index in [4.69, 9.17) is 32.6 Å². The van der Waals surface area contributed by atoms with Gasteiger partial charge in [0.05, 0.1) is 21.8 Å². The number of hydrogen-bond donors (Lipinski definition) is 1. The van der Waals surface area contributed by atoms with Crippen LogP contribution in [0.1, 0.15) is 63.4 Å². The number of thiophene rings is 1. The summed E-state index contributed by atoms with van der Waals surface area (Å²) in [5, 5.41) is 4.80. The quantitative estimate of drug-likeness (QED) is 0.251. The predicted octanol–water partition coefficient (Wildman–Crippen LogP) is 9.59. The number of anilines is 1. The summed E-state index contributed by atoms with van der Waals surface area (Å²) < 4.78 is 6.01. The van der Waals surface area contributed by atoms with Crippen LogP contribution in [0.25, 0.3) is 11.3 Å². The molecule has 2 aromatic carbocycles. The van der Waals surface area contributed by atoms with Crippen LogP contribution in [-0.4, -0.2) is 12.1 Å². The van der Waals surface area contributed by atoms with Crippen LogP contribution >= 0.6 is 34.5 Å². The first-order valence-corrected chi connectivity index (χ1v) is 14.1. The fourth-order valence-corrected chi connectivity index (χ4v) is 6.31. The summed E-state index contributed by atoms with van der Waals surface area (Å²) in [5.74, 6) is 1.08. The van der Waals surface area contributed by atoms with Crippen LogP contribution in [0.5, 0.6) is 0 Å². The van der Waals surface area contributed by atoms with Gasteiger partial charge in [-0.05, 0) is 86.6 Å². The number of aryl methyl sites for hydroxylation is 2. The van der Waals surface area contributed by atoms with E-state index in [0.717, 1.165) is 53.6 Å². The molecule has 0 bridgehead atoms. The molecule has 2 aromatic heterocycles. The zero-order valence-corrected chi connectivity index (χ0v) is 23.2. The second-order valence-electron chi connectivity index (χ2n) is 9.36. The third kappa shape index (κ3) is 5.54. The molecule has 0 aliphatic heterocycles. The van der Waals surface area contributed by atoms with Gasteiger partial charge in [-0.2, -0.15) is 0 Å². The summed E-state index contributed by atoms with van der Waals surface area (Å²) in [4.78, 5) is 19.7. The third-order valence-corrected chi connectivity index (χ3v) is 8.90. The number of carbonyl (C=O) groups excluding carboxylic acids is 1. The van der Waals surface area contributed by atoms with Crippen molar-refractivity contribution >= 4 is 57.3 Å². The highest BCUT2D eigenvalue weighted by Gasteiger charge is 2.24. The highest BCUT2D eigenvalue weighted by atomic mass is 35.5. The van der Waals surface area contributed by atoms with E-state index in [0.29, 0.717) is 32.1 Å². The van der Waals surface area contributed by atoms with Crippen molar-refractivity contribution < 1.29 is 9.21 Å². The average molecular weight is 552 g/mol. The Bertz CT molecular complexity index is 1480. The maximum absolute atomic E-state index is 13.7. The molecule has 0 fully saturated rings. The number of halogens is 2. The number of aliphatic imine (C=N–C) groups is 1. The van der Waals surface area contributed by atoms with Gasteiger partial charge in [0.15, 0.2) is 0 Å². The molecule has 4 nitrogen and oxygen atoms in total. The summed E-state index contributed by atoms with van der Waals surface area (Å²) in [6.07, 6.45) is 8.19. The highest BCUT2D eigenvalue weighted by Crippen LogP contribution is 2.40. The lowest BCUT2D eigenvalue weighted by Crippen LogP contribution is -2.15. The Morgan fingerprint density at radius 3 is 2.62 bits per heavy atom. The molecule has 190 valence electrons. The van der Waals surface area contributed by atoms with Crippen molar-refractivity contribution in [3.63, 3.8) is 0 Å². The highest BCUT2D eigenvalue weighted by molar-refractivity contribution is 7.16. The number of furan rings is 1. The molecule has 7 heteroatoms. The molecule has 4 aromatic rings. The molecule has 0 saturated heterocycles. The molecule has 1 amide bonds. The molecule has 5 rings (SSSR count). The normalized spacial score (nSPS) is 13.8. The van der Waals surface area contributed by atoms with Gasteiger partial charge in [0.1, 0.15) is 16.5 Å². The lowest BCUT2D eigenvalue weighted by molar-refractivity contribution is 0.102. The molecule has 1 aliphatic rings. The summed E-state index contributed by atoms with van der Waals surface area (Å²) in [7, 11) is 0. The number of amides is 1. The minimum absolute atomic E-state index is 0.107. The fraction of sp³-hybridized carbons (Fsp3) is 0.267. The van der Waals surface area contributed by atoms with E-state index in [2.05, 4.69) is 18.3 Å². The molecule has 0 spiro atoms. The SMILES string of the molecule is Cc1cccc(NC(=O)c2c(N=Cc3ccc(-c4cccc(Cl)c4Cl)o3)sc3c2CCCCCC3)c1C. The van der Waals surface area contributed by atoms with Gasteiger partial charge < -0.3 is 9.73 Å². The minimum atomic E-state index is -0.107. The van der Waals surface area contributed by atoms with Crippen LogP contribution in [0.15, 0.2) is 57.9 Å². The van der Waals surface area contributed by atoms with Crippen LogP contribution in [0, 0.1) is 13.8 Å². The molecular formula is C30H28Cl2N2O2S. The Morgan fingerprint density at radius 1 is 1.00 bits per heavy atom. The van der Waals surface area contributed by atoms with Gasteiger partial charge in [-0.15, -0.1) is 11.3 Å². The van der Waals surface area contributed by atoms with Crippen molar-refractivity contribution in [2.45, 2.75) is 52.4 Å². The second-order valence-corrected chi connectivity index (χ2v) is 11.2. The smallest absolute Gasteiger partial charge is 0.259 e. The molecular weight excluding hydrogens is 523 g/mol. The molecule has 1 aliphatic carbocycles. The monoisotopic (exact) mass is 550 g/mol. The number of hydrogen-bond acceptors (Lipinski definition) is 4. The van der Waals surface area contributed by atoms with Gasteiger partial charge in [-0.25, -0.2) is 4.99 Å². The Kier molecular flexibility index (Phi) is 7.84. The molecule has 0 saturated carbocycles. The number of nitrogens with one attached hydrogen (secondary N) is 1. The van der Waals surface area contributed by atoms with Crippen molar-refractivity contribution in [3.8, 4) is 11.3 Å². The average Bonchev–Trinajstić information content (AvgIpc) is 3.47. The van der Waals surface area contributed by atoms with E-state index in [9.17, 15) is 4.79 Å². The van der Waals surface area contributed by atoms with Gasteiger partial charge >= 0.3 is 0 Å². The van der Waals surface area contributed by atoms with Crippen molar-refractivity contribution in [1.29, 1.82) is 0 Å². The number of benzene rings is 2. The predicted molar refractivity (Wildman–Crippen MR) is 155 cm³/mol. The topological polar surface area (TPSA) is 54.6 Å². The minimum Gasteiger partial charge on any atom is -0.455 e. The molecule has 1 N–H and O–H groups in total. The summed E-state index contributed by atoms with van der Waals surface area (Å²) in [6.45, 7) is 4.08. The summed E-state index contributed by atoms with van der Waals surface area (Å²) in [5.41, 5.74) is 5.60. The Labute approximate surface area is 231 Å². The first-order chi connectivity index (χ1) is 17.9. The number of rotatable bonds is 5. The molecule has 2 heterocycles. The van der Waals surface area contributed by atoms with Crippen LogP contribution in [0.4, 0.5) is 10.7 Å². The van der Waals surface area contributed by atoms with Gasteiger partial charge in [-0.1, -0.05) is 54.2 Å². The Morgan fingerprint density at radius 2 is 1.78 bits per heavy atom. The van der Waals surface area contributed by atoms with E-state index in [1.54, 1.807) is 23.6 Å². The third-order valence-electron chi connectivity index (χ3n) is 6.89. The van der Waals surface area contributed by atoms with Crippen LogP contribution in [0.3, 0.4) is 0 Å². The van der Waals surface area contributed by atoms with E-state index in [1.165, 1.54) is 17.7 Å². The van der Waals surface area contributed by atoms with Gasteiger partial charge in [-0.3, -0.25) is 4.79 Å². The molecule has 37 heavy (non-hydrogen) atoms. The first-order valence-electron chi connectivity index (χ1n) is 12.5. The van der Waals surface area contributed by atoms with Crippen LogP contribution in [0.2, 0.25) is 10.0 Å². The van der Waals surface area contributed by atoms with E-state index < -0.39 is 0 Å². The second kappa shape index (κ2) is 11.3. The van der Waals surface area contributed by atoms with E-state index in [-0.39, 0.29) is 5.91 Å². The molecule has 0 atom stereocenters. The van der Waals surface area contributed by atoms with Gasteiger partial charge in [0.25, 0.3) is 5.91 Å². The van der Waals surface area contributed by atoms with Crippen LogP contribution < -0.4 is 5.32 Å². The largest absolute Gasteiger partial charge is 0.455 e. The maximum atomic E-state index is 13.7. The van der Waals surface area contributed by atoms with Crippen molar-refractivity contribution in [2.24, 2.45) is 4.99 Å². The van der Waals surface area contributed by atoms with E-state index >= 15 is 0 Å². The number of nitrogens with zero attached hydrogens (tertiary/aromatic N) is 1. The molecule has 0 unspecified atom stereocenters. The van der Waals surface area contributed by atoms with Crippen molar-refractivity contribution in [1.82, 2.24) is 0 Å². The molecule has 0 radical (unpaired) electrons. The lowest BCUT2D eigenvalue weighted by atomic mass is 9.96. The van der Waals surface area contributed by atoms with Gasteiger partial charge in [0, 0.05) is 16.1 Å². The fourth-order valence-electron chi connectivity index (χ4n) is 4.68. The first kappa shape index (κ1) is 25.8. The number of carbonyl (C=O) groups is 1. The summed E-state index contributed by atoms with van der Waals surface area (Å²) >= 11 is 14.2. The maximum Gasteiger partial charge on any atom is 0.259 e. The zero-order chi connectivity index (χ0) is 25.9. The Hall–Kier alpha value is -2.86. The van der Waals surface area contributed by atoms with Crippen LogP contribution in [-0.2, 0) is 12.8 Å². The number of fused-ring (bicyclic) bond motifs is 1.